The van der Waals surface area contributed by atoms with Crippen LogP contribution in [-0.4, -0.2) is 42.4 Å². The van der Waals surface area contributed by atoms with Gasteiger partial charge in [0.1, 0.15) is 0 Å². The minimum Gasteiger partial charge on any atom is -0.385 e. The third-order valence-electron chi connectivity index (χ3n) is 6.94. The molecule has 0 spiro atoms. The Hall–Kier alpha value is -1.16. The minimum atomic E-state index is -0.672. The highest BCUT2D eigenvalue weighted by molar-refractivity contribution is 5.54. The number of likely N-dealkylation sites (tertiary alicyclic amines) is 1. The quantitative estimate of drug-likeness (QED) is 0.863. The Balaban J connectivity index is 1.36. The van der Waals surface area contributed by atoms with Crippen LogP contribution >= 0.6 is 0 Å². The number of nitrogens with zero attached hydrogens (tertiary/aromatic N) is 1. The van der Waals surface area contributed by atoms with Crippen LogP contribution < -0.4 is 0 Å². The number of piperidine rings is 1. The molecule has 0 unspecified atom stereocenters. The molecule has 3 nitrogen and oxygen atoms in total. The number of methoxy groups -OCH3 is 1. The van der Waals surface area contributed by atoms with Crippen LogP contribution in [-0.2, 0) is 10.3 Å². The number of hydrogen-bond donors (Lipinski definition) is 1. The van der Waals surface area contributed by atoms with Crippen LogP contribution in [0.1, 0.15) is 68.9 Å². The molecule has 2 aliphatic carbocycles. The van der Waals surface area contributed by atoms with E-state index >= 15 is 0 Å². The van der Waals surface area contributed by atoms with Gasteiger partial charge in [-0.3, -0.25) is 4.90 Å². The first-order chi connectivity index (χ1) is 12.7. The summed E-state index contributed by atoms with van der Waals surface area (Å²) in [5.41, 5.74) is 3.24. The third kappa shape index (κ3) is 3.90. The second-order valence-electron chi connectivity index (χ2n) is 8.51. The molecule has 0 atom stereocenters. The monoisotopic (exact) mass is 355 g/mol. The van der Waals surface area contributed by atoms with Gasteiger partial charge in [-0.2, -0.15) is 0 Å². The van der Waals surface area contributed by atoms with E-state index in [-0.39, 0.29) is 0 Å². The summed E-state index contributed by atoms with van der Waals surface area (Å²) in [7, 11) is 1.77. The van der Waals surface area contributed by atoms with Crippen molar-refractivity contribution in [2.24, 2.45) is 0 Å². The Bertz CT molecular complexity index is 614. The Morgan fingerprint density at radius 2 is 1.69 bits per heavy atom. The second-order valence-corrected chi connectivity index (χ2v) is 8.51. The van der Waals surface area contributed by atoms with Crippen molar-refractivity contribution in [2.75, 3.05) is 20.2 Å². The molecule has 4 rings (SSSR count). The molecule has 0 aromatic heterocycles. The predicted molar refractivity (Wildman–Crippen MR) is 106 cm³/mol. The van der Waals surface area contributed by atoms with Crippen molar-refractivity contribution < 1.29 is 9.84 Å². The fraction of sp³-hybridized carbons (Fsp3) is 0.652. The first kappa shape index (κ1) is 18.2. The molecular formula is C23H33NO2. The highest BCUT2D eigenvalue weighted by Crippen LogP contribution is 2.38. The van der Waals surface area contributed by atoms with E-state index in [9.17, 15) is 5.11 Å². The number of aliphatic hydroxyl groups is 1. The van der Waals surface area contributed by atoms with Crippen molar-refractivity contribution in [1.29, 1.82) is 0 Å². The van der Waals surface area contributed by atoms with Crippen LogP contribution in [0, 0.1) is 0 Å². The summed E-state index contributed by atoms with van der Waals surface area (Å²) in [6, 6.07) is 9.50. The molecule has 0 amide bonds. The molecule has 0 bridgehead atoms. The third-order valence-corrected chi connectivity index (χ3v) is 6.94. The lowest BCUT2D eigenvalue weighted by Gasteiger charge is -2.40. The molecule has 3 fully saturated rings. The fourth-order valence-corrected chi connectivity index (χ4v) is 4.79. The van der Waals surface area contributed by atoms with Gasteiger partial charge in [-0.25, -0.2) is 0 Å². The molecule has 1 N–H and O–H groups in total. The van der Waals surface area contributed by atoms with E-state index < -0.39 is 5.60 Å². The molecule has 0 radical (unpaired) electrons. The van der Waals surface area contributed by atoms with E-state index in [1.807, 2.05) is 0 Å². The number of hydrogen-bond acceptors (Lipinski definition) is 3. The standard InChI is InChI=1S/C23H33NO2/c1-26-22-9-13-23(25,14-10-22)20-7-5-18(6-8-20)17-19-11-15-24(16-12-19)21-3-2-4-21/h5-8,17,21-22,25H,2-4,9-16H2,1H3. The number of benzene rings is 1. The summed E-state index contributed by atoms with van der Waals surface area (Å²) in [5, 5.41) is 11.0. The highest BCUT2D eigenvalue weighted by Gasteiger charge is 2.34. The number of ether oxygens (including phenoxy) is 1. The molecule has 2 saturated carbocycles. The summed E-state index contributed by atoms with van der Waals surface area (Å²) < 4.78 is 5.43. The average Bonchev–Trinajstić information content (AvgIpc) is 2.63. The van der Waals surface area contributed by atoms with Crippen molar-refractivity contribution in [2.45, 2.75) is 75.5 Å². The minimum absolute atomic E-state index is 0.310. The summed E-state index contributed by atoms with van der Waals surface area (Å²) in [5.74, 6) is 0. The Morgan fingerprint density at radius 3 is 2.23 bits per heavy atom. The first-order valence-corrected chi connectivity index (χ1v) is 10.5. The molecule has 26 heavy (non-hydrogen) atoms. The SMILES string of the molecule is COC1CCC(O)(c2ccc(C=C3CCN(C4CCC4)CC3)cc2)CC1. The van der Waals surface area contributed by atoms with Crippen molar-refractivity contribution >= 4 is 6.08 Å². The van der Waals surface area contributed by atoms with E-state index in [0.29, 0.717) is 6.10 Å². The normalized spacial score (nSPS) is 30.8. The largest absolute Gasteiger partial charge is 0.385 e. The van der Waals surface area contributed by atoms with Gasteiger partial charge in [0.05, 0.1) is 11.7 Å². The Labute approximate surface area is 158 Å². The summed E-state index contributed by atoms with van der Waals surface area (Å²) in [6.07, 6.45) is 12.8. The van der Waals surface area contributed by atoms with E-state index in [4.69, 9.17) is 4.74 Å². The fourth-order valence-electron chi connectivity index (χ4n) is 4.79. The van der Waals surface area contributed by atoms with Crippen LogP contribution in [0.4, 0.5) is 0 Å². The van der Waals surface area contributed by atoms with Gasteiger partial charge in [-0.1, -0.05) is 42.3 Å². The zero-order valence-electron chi connectivity index (χ0n) is 16.1. The maximum atomic E-state index is 11.0. The van der Waals surface area contributed by atoms with Gasteiger partial charge in [-0.05, 0) is 62.5 Å². The highest BCUT2D eigenvalue weighted by atomic mass is 16.5. The predicted octanol–water partition coefficient (Wildman–Crippen LogP) is 4.49. The molecule has 3 heteroatoms. The molecule has 1 heterocycles. The van der Waals surface area contributed by atoms with Crippen molar-refractivity contribution in [3.63, 3.8) is 0 Å². The molecule has 1 aromatic rings. The lowest BCUT2D eigenvalue weighted by molar-refractivity contribution is -0.0474. The molecular weight excluding hydrogens is 322 g/mol. The summed E-state index contributed by atoms with van der Waals surface area (Å²) in [4.78, 5) is 2.69. The van der Waals surface area contributed by atoms with Crippen molar-refractivity contribution in [1.82, 2.24) is 4.90 Å². The van der Waals surface area contributed by atoms with Gasteiger partial charge in [-0.15, -0.1) is 0 Å². The van der Waals surface area contributed by atoms with Gasteiger partial charge >= 0.3 is 0 Å². The van der Waals surface area contributed by atoms with E-state index in [1.165, 1.54) is 50.8 Å². The van der Waals surface area contributed by atoms with Crippen molar-refractivity contribution in [3.05, 3.63) is 41.0 Å². The first-order valence-electron chi connectivity index (χ1n) is 10.5. The van der Waals surface area contributed by atoms with E-state index in [1.54, 1.807) is 12.7 Å². The molecule has 1 aromatic carbocycles. The Kier molecular flexibility index (Phi) is 5.49. The van der Waals surface area contributed by atoms with Crippen molar-refractivity contribution in [3.8, 4) is 0 Å². The van der Waals surface area contributed by atoms with Crippen LogP contribution in [0.15, 0.2) is 29.8 Å². The maximum Gasteiger partial charge on any atom is 0.0898 e. The van der Waals surface area contributed by atoms with E-state index in [0.717, 1.165) is 37.3 Å². The van der Waals surface area contributed by atoms with E-state index in [2.05, 4.69) is 35.2 Å². The zero-order valence-corrected chi connectivity index (χ0v) is 16.1. The molecule has 142 valence electrons. The summed E-state index contributed by atoms with van der Waals surface area (Å²) >= 11 is 0. The molecule has 3 aliphatic rings. The lowest BCUT2D eigenvalue weighted by Crippen LogP contribution is -2.43. The second kappa shape index (κ2) is 7.84. The van der Waals surface area contributed by atoms with Crippen LogP contribution in [0.2, 0.25) is 0 Å². The summed E-state index contributed by atoms with van der Waals surface area (Å²) in [6.45, 7) is 2.46. The van der Waals surface area contributed by atoms with Gasteiger partial charge in [0.25, 0.3) is 0 Å². The average molecular weight is 356 g/mol. The smallest absolute Gasteiger partial charge is 0.0898 e. The van der Waals surface area contributed by atoms with Crippen LogP contribution in [0.3, 0.4) is 0 Å². The molecule has 1 aliphatic heterocycles. The Morgan fingerprint density at radius 1 is 1.04 bits per heavy atom. The molecule has 1 saturated heterocycles. The maximum absolute atomic E-state index is 11.0. The number of rotatable bonds is 4. The van der Waals surface area contributed by atoms with Gasteiger partial charge < -0.3 is 9.84 Å². The van der Waals surface area contributed by atoms with Gasteiger partial charge in [0, 0.05) is 26.2 Å². The topological polar surface area (TPSA) is 32.7 Å². The van der Waals surface area contributed by atoms with Crippen LogP contribution in [0.5, 0.6) is 0 Å². The van der Waals surface area contributed by atoms with Crippen LogP contribution in [0.25, 0.3) is 6.08 Å². The zero-order chi connectivity index (χ0) is 18.0. The lowest BCUT2D eigenvalue weighted by atomic mass is 9.78. The van der Waals surface area contributed by atoms with Gasteiger partial charge in [0.15, 0.2) is 0 Å². The van der Waals surface area contributed by atoms with Gasteiger partial charge in [0.2, 0.25) is 0 Å².